The van der Waals surface area contributed by atoms with Crippen molar-refractivity contribution in [3.8, 4) is 0 Å². The number of nitrogens with zero attached hydrogens (tertiary/aromatic N) is 3. The van der Waals surface area contributed by atoms with Crippen molar-refractivity contribution in [1.29, 1.82) is 0 Å². The van der Waals surface area contributed by atoms with Crippen LogP contribution in [-0.2, 0) is 0 Å². The van der Waals surface area contributed by atoms with Crippen LogP contribution in [0.2, 0.25) is 0 Å². The Morgan fingerprint density at radius 2 is 1.56 bits per heavy atom. The summed E-state index contributed by atoms with van der Waals surface area (Å²) in [4.78, 5) is 17.3. The first-order valence-electron chi connectivity index (χ1n) is 10.5. The molecule has 27 heavy (non-hydrogen) atoms. The Kier molecular flexibility index (Phi) is 7.02. The third-order valence-corrected chi connectivity index (χ3v) is 5.40. The zero-order valence-corrected chi connectivity index (χ0v) is 16.8. The van der Waals surface area contributed by atoms with Gasteiger partial charge in [-0.3, -0.25) is 9.20 Å². The fourth-order valence-corrected chi connectivity index (χ4v) is 3.86. The number of aryl methyl sites for hydroxylation is 2. The van der Waals surface area contributed by atoms with Crippen LogP contribution >= 0.6 is 0 Å². The van der Waals surface area contributed by atoms with E-state index < -0.39 is 0 Å². The molecule has 0 bridgehead atoms. The molecule has 2 aromatic rings. The number of fused-ring (bicyclic) bond motifs is 1. The molecule has 1 saturated carbocycles. The zero-order chi connectivity index (χ0) is 19.1. The third-order valence-electron chi connectivity index (χ3n) is 5.40. The maximum Gasteiger partial charge on any atom is 0.290 e. The van der Waals surface area contributed by atoms with Gasteiger partial charge in [-0.15, -0.1) is 0 Å². The van der Waals surface area contributed by atoms with E-state index in [0.717, 1.165) is 35.5 Å². The number of imidazole rings is 1. The van der Waals surface area contributed by atoms with E-state index in [1.165, 1.54) is 57.8 Å². The normalized spacial score (nSPS) is 17.2. The minimum atomic E-state index is -0.177. The van der Waals surface area contributed by atoms with E-state index in [9.17, 15) is 4.79 Å². The standard InChI is InChI=1S/C22H32N4O/c1-17-14-15-20-23-18(2)21(26(20)16-17)22(27)25-24-19-12-10-8-6-4-3-5-7-9-11-13-19/h14-16H,3-13H2,1-2H3,(H,25,27). The molecule has 1 fully saturated rings. The number of nitrogens with one attached hydrogen (secondary N) is 1. The van der Waals surface area contributed by atoms with Gasteiger partial charge in [0, 0.05) is 11.9 Å². The molecule has 0 saturated heterocycles. The monoisotopic (exact) mass is 368 g/mol. The van der Waals surface area contributed by atoms with Gasteiger partial charge in [0.2, 0.25) is 0 Å². The highest BCUT2D eigenvalue weighted by atomic mass is 16.2. The number of hydrazone groups is 1. The number of rotatable bonds is 2. The molecule has 0 atom stereocenters. The summed E-state index contributed by atoms with van der Waals surface area (Å²) in [7, 11) is 0. The highest BCUT2D eigenvalue weighted by Gasteiger charge is 2.16. The predicted molar refractivity (Wildman–Crippen MR) is 110 cm³/mol. The maximum absolute atomic E-state index is 12.8. The van der Waals surface area contributed by atoms with Crippen molar-refractivity contribution in [2.24, 2.45) is 5.10 Å². The molecule has 0 unspecified atom stereocenters. The average Bonchev–Trinajstić information content (AvgIpc) is 2.96. The van der Waals surface area contributed by atoms with Gasteiger partial charge < -0.3 is 0 Å². The molecular weight excluding hydrogens is 336 g/mol. The second-order valence-electron chi connectivity index (χ2n) is 7.78. The van der Waals surface area contributed by atoms with Crippen molar-refractivity contribution in [2.75, 3.05) is 0 Å². The summed E-state index contributed by atoms with van der Waals surface area (Å²) >= 11 is 0. The topological polar surface area (TPSA) is 58.8 Å². The molecule has 2 aromatic heterocycles. The zero-order valence-electron chi connectivity index (χ0n) is 16.8. The van der Waals surface area contributed by atoms with Crippen LogP contribution in [0.5, 0.6) is 0 Å². The number of carbonyl (C=O) groups excluding carboxylic acids is 1. The predicted octanol–water partition coefficient (Wildman–Crippen LogP) is 5.34. The van der Waals surface area contributed by atoms with Crippen molar-refractivity contribution in [2.45, 2.75) is 84.5 Å². The van der Waals surface area contributed by atoms with E-state index in [2.05, 4.69) is 15.5 Å². The molecular formula is C22H32N4O. The molecule has 5 nitrogen and oxygen atoms in total. The van der Waals surface area contributed by atoms with Gasteiger partial charge >= 0.3 is 0 Å². The molecule has 146 valence electrons. The minimum Gasteiger partial charge on any atom is -0.295 e. The quantitative estimate of drug-likeness (QED) is 0.727. The fraction of sp³-hybridized carbons (Fsp3) is 0.591. The number of hydrogen-bond acceptors (Lipinski definition) is 3. The summed E-state index contributed by atoms with van der Waals surface area (Å²) in [6.07, 6.45) is 15.5. The van der Waals surface area contributed by atoms with Crippen molar-refractivity contribution >= 4 is 17.3 Å². The van der Waals surface area contributed by atoms with Crippen molar-refractivity contribution in [3.63, 3.8) is 0 Å². The Morgan fingerprint density at radius 1 is 0.963 bits per heavy atom. The summed E-state index contributed by atoms with van der Waals surface area (Å²) in [6, 6.07) is 3.95. The van der Waals surface area contributed by atoms with E-state index in [1.54, 1.807) is 0 Å². The summed E-state index contributed by atoms with van der Waals surface area (Å²) in [5.41, 5.74) is 7.14. The van der Waals surface area contributed by atoms with E-state index >= 15 is 0 Å². The fourth-order valence-electron chi connectivity index (χ4n) is 3.86. The molecule has 0 aliphatic heterocycles. The van der Waals surface area contributed by atoms with Crippen LogP contribution < -0.4 is 5.43 Å². The lowest BCUT2D eigenvalue weighted by Crippen LogP contribution is -2.22. The van der Waals surface area contributed by atoms with E-state index in [0.29, 0.717) is 5.69 Å². The van der Waals surface area contributed by atoms with Crippen LogP contribution in [-0.4, -0.2) is 21.0 Å². The van der Waals surface area contributed by atoms with Gasteiger partial charge in [0.1, 0.15) is 11.3 Å². The molecule has 1 amide bonds. The van der Waals surface area contributed by atoms with Crippen molar-refractivity contribution < 1.29 is 4.79 Å². The lowest BCUT2D eigenvalue weighted by atomic mass is 10.00. The number of pyridine rings is 1. The average molecular weight is 369 g/mol. The molecule has 2 heterocycles. The number of carbonyl (C=O) groups is 1. The molecule has 0 spiro atoms. The van der Waals surface area contributed by atoms with Crippen LogP contribution in [0.3, 0.4) is 0 Å². The Morgan fingerprint density at radius 3 is 2.19 bits per heavy atom. The Labute approximate surface area is 162 Å². The SMILES string of the molecule is Cc1ccc2nc(C)c(C(=O)NN=C3CCCCCCCCCCC3)n2c1. The van der Waals surface area contributed by atoms with E-state index in [1.807, 2.05) is 36.6 Å². The van der Waals surface area contributed by atoms with Crippen LogP contribution in [0.25, 0.3) is 5.65 Å². The summed E-state index contributed by atoms with van der Waals surface area (Å²) in [5, 5.41) is 4.51. The largest absolute Gasteiger partial charge is 0.295 e. The molecule has 0 aromatic carbocycles. The van der Waals surface area contributed by atoms with Gasteiger partial charge in [0.15, 0.2) is 0 Å². The highest BCUT2D eigenvalue weighted by molar-refractivity contribution is 5.95. The second kappa shape index (κ2) is 9.67. The molecule has 1 aliphatic carbocycles. The van der Waals surface area contributed by atoms with Crippen LogP contribution in [0.4, 0.5) is 0 Å². The van der Waals surface area contributed by atoms with Gasteiger partial charge in [0.25, 0.3) is 5.91 Å². The minimum absolute atomic E-state index is 0.177. The lowest BCUT2D eigenvalue weighted by Gasteiger charge is -2.10. The van der Waals surface area contributed by atoms with Crippen LogP contribution in [0, 0.1) is 13.8 Å². The first kappa shape index (κ1) is 19.6. The van der Waals surface area contributed by atoms with Gasteiger partial charge in [-0.05, 0) is 51.2 Å². The Balaban J connectivity index is 1.70. The van der Waals surface area contributed by atoms with Crippen molar-refractivity contribution in [1.82, 2.24) is 14.8 Å². The molecule has 5 heteroatoms. The summed E-state index contributed by atoms with van der Waals surface area (Å²) in [5.74, 6) is -0.177. The smallest absolute Gasteiger partial charge is 0.290 e. The van der Waals surface area contributed by atoms with E-state index in [4.69, 9.17) is 0 Å². The van der Waals surface area contributed by atoms with Gasteiger partial charge in [-0.25, -0.2) is 10.4 Å². The van der Waals surface area contributed by atoms with E-state index in [-0.39, 0.29) is 5.91 Å². The molecule has 3 rings (SSSR count). The third kappa shape index (κ3) is 5.41. The van der Waals surface area contributed by atoms with Crippen LogP contribution in [0.15, 0.2) is 23.4 Å². The van der Waals surface area contributed by atoms with Gasteiger partial charge in [-0.1, -0.05) is 51.0 Å². The lowest BCUT2D eigenvalue weighted by molar-refractivity contribution is 0.0948. The first-order valence-corrected chi connectivity index (χ1v) is 10.5. The first-order chi connectivity index (χ1) is 13.1. The van der Waals surface area contributed by atoms with Gasteiger partial charge in [-0.2, -0.15) is 5.10 Å². The molecule has 1 aliphatic rings. The molecule has 1 N–H and O–H groups in total. The Hall–Kier alpha value is -2.17. The van der Waals surface area contributed by atoms with Crippen LogP contribution in [0.1, 0.15) is 92.4 Å². The second-order valence-corrected chi connectivity index (χ2v) is 7.78. The van der Waals surface area contributed by atoms with Crippen molar-refractivity contribution in [3.05, 3.63) is 35.3 Å². The number of hydrogen-bond donors (Lipinski definition) is 1. The summed E-state index contributed by atoms with van der Waals surface area (Å²) in [6.45, 7) is 3.89. The number of aromatic nitrogens is 2. The summed E-state index contributed by atoms with van der Waals surface area (Å²) < 4.78 is 1.86. The maximum atomic E-state index is 12.8. The van der Waals surface area contributed by atoms with Gasteiger partial charge in [0.05, 0.1) is 5.69 Å². The molecule has 0 radical (unpaired) electrons. The number of amides is 1. The highest BCUT2D eigenvalue weighted by Crippen LogP contribution is 2.16. The Bertz CT molecular complexity index is 792.